The summed E-state index contributed by atoms with van der Waals surface area (Å²) in [5.41, 5.74) is 0.889. The van der Waals surface area contributed by atoms with Gasteiger partial charge in [0.05, 0.1) is 17.1 Å². The molecule has 1 fully saturated rings. The number of halogens is 1. The van der Waals surface area contributed by atoms with Crippen LogP contribution in [0.4, 0.5) is 0 Å². The lowest BCUT2D eigenvalue weighted by molar-refractivity contribution is 0.473. The van der Waals surface area contributed by atoms with Crippen LogP contribution in [0.5, 0.6) is 0 Å². The van der Waals surface area contributed by atoms with Crippen molar-refractivity contribution in [3.8, 4) is 10.8 Å². The Labute approximate surface area is 197 Å². The van der Waals surface area contributed by atoms with Crippen LogP contribution in [0.15, 0.2) is 68.4 Å². The zero-order chi connectivity index (χ0) is 19.2. The first-order chi connectivity index (χ1) is 13.8. The lowest BCUT2D eigenvalue weighted by Gasteiger charge is -2.21. The number of rotatable bonds is 6. The van der Waals surface area contributed by atoms with Crippen LogP contribution in [0, 0.1) is 5.92 Å². The highest BCUT2D eigenvalue weighted by Crippen LogP contribution is 2.26. The van der Waals surface area contributed by atoms with Gasteiger partial charge in [-0.25, -0.2) is 4.98 Å². The van der Waals surface area contributed by atoms with Crippen LogP contribution < -0.4 is 5.32 Å². The summed E-state index contributed by atoms with van der Waals surface area (Å²) in [5, 5.41) is 5.46. The van der Waals surface area contributed by atoms with E-state index in [2.05, 4.69) is 50.5 Å². The van der Waals surface area contributed by atoms with Gasteiger partial charge in [0.15, 0.2) is 5.96 Å². The van der Waals surface area contributed by atoms with Gasteiger partial charge in [-0.1, -0.05) is 24.3 Å². The molecular formula is C21H25IN4OS2. The van der Waals surface area contributed by atoms with Crippen molar-refractivity contribution in [2.24, 2.45) is 10.9 Å². The quantitative estimate of drug-likeness (QED) is 0.201. The second kappa shape index (κ2) is 11.0. The van der Waals surface area contributed by atoms with Crippen LogP contribution in [0.1, 0.15) is 12.1 Å². The van der Waals surface area contributed by atoms with Crippen molar-refractivity contribution in [1.29, 1.82) is 0 Å². The van der Waals surface area contributed by atoms with Gasteiger partial charge >= 0.3 is 0 Å². The molecule has 3 aromatic rings. The number of aromatic nitrogens is 1. The molecule has 1 aromatic carbocycles. The number of nitrogens with zero attached hydrogens (tertiary/aromatic N) is 3. The minimum absolute atomic E-state index is 0. The van der Waals surface area contributed by atoms with E-state index in [4.69, 9.17) is 4.42 Å². The molecule has 0 bridgehead atoms. The number of hydrogen-bond donors (Lipinski definition) is 1. The summed E-state index contributed by atoms with van der Waals surface area (Å²) in [6.45, 7) is 2.69. The molecule has 3 heterocycles. The van der Waals surface area contributed by atoms with Gasteiger partial charge in [0.25, 0.3) is 0 Å². The number of nitrogens with one attached hydrogen (secondary N) is 1. The maximum Gasteiger partial charge on any atom is 0.236 e. The monoisotopic (exact) mass is 540 g/mol. The second-order valence-corrected chi connectivity index (χ2v) is 8.79. The largest absolute Gasteiger partial charge is 0.443 e. The minimum Gasteiger partial charge on any atom is -0.443 e. The molecule has 4 rings (SSSR count). The molecule has 1 atom stereocenters. The summed E-state index contributed by atoms with van der Waals surface area (Å²) < 4.78 is 5.59. The number of thioether (sulfide) groups is 1. The summed E-state index contributed by atoms with van der Waals surface area (Å²) in [6, 6.07) is 14.6. The summed E-state index contributed by atoms with van der Waals surface area (Å²) >= 11 is 3.57. The van der Waals surface area contributed by atoms with Crippen molar-refractivity contribution in [3.05, 3.63) is 59.8 Å². The highest BCUT2D eigenvalue weighted by Gasteiger charge is 2.25. The van der Waals surface area contributed by atoms with E-state index in [9.17, 15) is 0 Å². The van der Waals surface area contributed by atoms with Gasteiger partial charge in [0, 0.05) is 30.8 Å². The molecule has 0 spiro atoms. The number of aliphatic imine (C=N–C) groups is 1. The normalized spacial score (nSPS) is 16.7. The molecule has 1 unspecified atom stereocenters. The van der Waals surface area contributed by atoms with Gasteiger partial charge in [-0.15, -0.1) is 47.1 Å². The Morgan fingerprint density at radius 1 is 1.31 bits per heavy atom. The maximum atomic E-state index is 5.59. The highest BCUT2D eigenvalue weighted by atomic mass is 127. The molecule has 1 aliphatic rings. The maximum absolute atomic E-state index is 5.59. The Bertz CT molecular complexity index is 899. The molecule has 0 saturated carbocycles. The molecule has 0 aliphatic carbocycles. The first-order valence-electron chi connectivity index (χ1n) is 9.43. The van der Waals surface area contributed by atoms with Gasteiger partial charge < -0.3 is 14.6 Å². The van der Waals surface area contributed by atoms with Crippen LogP contribution in [0.2, 0.25) is 0 Å². The van der Waals surface area contributed by atoms with Crippen molar-refractivity contribution in [1.82, 2.24) is 15.2 Å². The predicted octanol–water partition coefficient (Wildman–Crippen LogP) is 5.21. The van der Waals surface area contributed by atoms with E-state index in [0.29, 0.717) is 18.4 Å². The molecular weight excluding hydrogens is 515 g/mol. The number of thiophene rings is 1. The molecule has 2 aromatic heterocycles. The Hall–Kier alpha value is -1.52. The third-order valence-corrected chi connectivity index (χ3v) is 6.84. The lowest BCUT2D eigenvalue weighted by Crippen LogP contribution is -2.39. The molecule has 1 saturated heterocycles. The first-order valence-corrected chi connectivity index (χ1v) is 11.3. The van der Waals surface area contributed by atoms with Crippen LogP contribution >= 0.6 is 47.1 Å². The molecule has 154 valence electrons. The summed E-state index contributed by atoms with van der Waals surface area (Å²) in [4.78, 5) is 13.8. The van der Waals surface area contributed by atoms with E-state index in [1.165, 1.54) is 11.3 Å². The minimum atomic E-state index is 0. The van der Waals surface area contributed by atoms with Gasteiger partial charge in [0.2, 0.25) is 5.89 Å². The third kappa shape index (κ3) is 5.99. The second-order valence-electron chi connectivity index (χ2n) is 6.75. The zero-order valence-corrected chi connectivity index (χ0v) is 20.2. The summed E-state index contributed by atoms with van der Waals surface area (Å²) in [5.74, 6) is 3.44. The van der Waals surface area contributed by atoms with Gasteiger partial charge in [0.1, 0.15) is 6.26 Å². The average molecular weight is 540 g/mol. The van der Waals surface area contributed by atoms with Crippen molar-refractivity contribution in [3.63, 3.8) is 0 Å². The SMILES string of the molecule is CN=C(NCc1coc(-c2cccs2)n1)N1CCC(CSc2ccccc2)C1.I. The molecule has 1 N–H and O–H groups in total. The van der Waals surface area contributed by atoms with Crippen molar-refractivity contribution < 1.29 is 4.42 Å². The average Bonchev–Trinajstić information content (AvgIpc) is 3.49. The van der Waals surface area contributed by atoms with Crippen LogP contribution in [-0.4, -0.2) is 41.7 Å². The van der Waals surface area contributed by atoms with Crippen LogP contribution in [0.25, 0.3) is 10.8 Å². The Balaban J connectivity index is 0.00000240. The number of likely N-dealkylation sites (tertiary alicyclic amines) is 1. The molecule has 0 radical (unpaired) electrons. The fourth-order valence-electron chi connectivity index (χ4n) is 3.30. The topological polar surface area (TPSA) is 53.7 Å². The molecule has 8 heteroatoms. The lowest BCUT2D eigenvalue weighted by atomic mass is 10.2. The van der Waals surface area contributed by atoms with Crippen LogP contribution in [0.3, 0.4) is 0 Å². The fraction of sp³-hybridized carbons (Fsp3) is 0.333. The Morgan fingerprint density at radius 2 is 2.17 bits per heavy atom. The van der Waals surface area contributed by atoms with E-state index >= 15 is 0 Å². The number of benzene rings is 1. The third-order valence-electron chi connectivity index (χ3n) is 4.74. The van der Waals surface area contributed by atoms with Crippen molar-refractivity contribution >= 4 is 53.0 Å². The summed E-state index contributed by atoms with van der Waals surface area (Å²) in [7, 11) is 1.84. The Morgan fingerprint density at radius 3 is 2.93 bits per heavy atom. The first kappa shape index (κ1) is 22.2. The van der Waals surface area contributed by atoms with E-state index in [1.54, 1.807) is 17.6 Å². The number of oxazole rings is 1. The van der Waals surface area contributed by atoms with E-state index in [1.807, 2.05) is 36.3 Å². The Kier molecular flexibility index (Phi) is 8.43. The standard InChI is InChI=1S/C21H24N4OS2.HI/c1-22-21(23-12-17-14-26-20(24-17)19-8-5-11-27-19)25-10-9-16(13-25)15-28-18-6-3-2-4-7-18;/h2-8,11,14,16H,9-10,12-13,15H2,1H3,(H,22,23);1H. The van der Waals surface area contributed by atoms with Crippen molar-refractivity contribution in [2.45, 2.75) is 17.9 Å². The predicted molar refractivity (Wildman–Crippen MR) is 132 cm³/mol. The molecule has 0 amide bonds. The van der Waals surface area contributed by atoms with Gasteiger partial charge in [-0.3, -0.25) is 4.99 Å². The van der Waals surface area contributed by atoms with E-state index in [0.717, 1.165) is 35.4 Å². The highest BCUT2D eigenvalue weighted by molar-refractivity contribution is 14.0. The molecule has 5 nitrogen and oxygen atoms in total. The molecule has 29 heavy (non-hydrogen) atoms. The summed E-state index contributed by atoms with van der Waals surface area (Å²) in [6.07, 6.45) is 2.92. The fourth-order valence-corrected chi connectivity index (χ4v) is 5.00. The van der Waals surface area contributed by atoms with E-state index in [-0.39, 0.29) is 24.0 Å². The van der Waals surface area contributed by atoms with E-state index < -0.39 is 0 Å². The van der Waals surface area contributed by atoms with Gasteiger partial charge in [-0.2, -0.15) is 0 Å². The van der Waals surface area contributed by atoms with Gasteiger partial charge in [-0.05, 0) is 35.9 Å². The number of guanidine groups is 1. The van der Waals surface area contributed by atoms with Crippen molar-refractivity contribution in [2.75, 3.05) is 25.9 Å². The number of hydrogen-bond acceptors (Lipinski definition) is 5. The zero-order valence-electron chi connectivity index (χ0n) is 16.3. The smallest absolute Gasteiger partial charge is 0.236 e. The molecule has 1 aliphatic heterocycles. The van der Waals surface area contributed by atoms with Crippen LogP contribution in [-0.2, 0) is 6.54 Å².